The molecule has 1 aromatic rings. The Morgan fingerprint density at radius 1 is 1.75 bits per heavy atom. The van der Waals surface area contributed by atoms with E-state index in [1.54, 1.807) is 13.4 Å². The molecule has 0 aliphatic heterocycles. The fourth-order valence-electron chi connectivity index (χ4n) is 1.06. The Balaban J connectivity index is 2.52. The molecule has 1 heterocycles. The summed E-state index contributed by atoms with van der Waals surface area (Å²) >= 11 is 0. The lowest BCUT2D eigenvalue weighted by Crippen LogP contribution is -2.17. The van der Waals surface area contributed by atoms with E-state index in [9.17, 15) is 0 Å². The van der Waals surface area contributed by atoms with E-state index in [2.05, 4.69) is 4.98 Å². The predicted molar refractivity (Wildman–Crippen MR) is 46.6 cm³/mol. The first-order chi connectivity index (χ1) is 5.72. The molecule has 1 atom stereocenters. The smallest absolute Gasteiger partial charge is 0.123 e. The molecule has 0 fully saturated rings. The van der Waals surface area contributed by atoms with E-state index < -0.39 is 0 Å². The minimum Gasteiger partial charge on any atom is -0.364 e. The molecule has 1 unspecified atom stereocenters. The highest BCUT2D eigenvalue weighted by Crippen LogP contribution is 1.99. The van der Waals surface area contributed by atoms with Crippen LogP contribution in [0.1, 0.15) is 12.6 Å². The van der Waals surface area contributed by atoms with Crippen molar-refractivity contribution in [2.75, 3.05) is 7.11 Å². The van der Waals surface area contributed by atoms with Gasteiger partial charge in [0.15, 0.2) is 0 Å². The van der Waals surface area contributed by atoms with Gasteiger partial charge < -0.3 is 15.0 Å². The standard InChI is InChI=1S/C8H15N3O/c1-7(9)3-8-4-11(5-10-8)6-12-2/h4-5,7H,3,6,9H2,1-2H3. The van der Waals surface area contributed by atoms with Crippen LogP contribution in [-0.2, 0) is 17.9 Å². The van der Waals surface area contributed by atoms with Crippen LogP contribution in [0.3, 0.4) is 0 Å². The number of ether oxygens (including phenoxy) is 1. The first-order valence-electron chi connectivity index (χ1n) is 3.97. The molecule has 0 aromatic carbocycles. The van der Waals surface area contributed by atoms with Gasteiger partial charge >= 0.3 is 0 Å². The van der Waals surface area contributed by atoms with E-state index in [-0.39, 0.29) is 6.04 Å². The minimum absolute atomic E-state index is 0.163. The summed E-state index contributed by atoms with van der Waals surface area (Å²) in [6.07, 6.45) is 4.52. The monoisotopic (exact) mass is 169 g/mol. The van der Waals surface area contributed by atoms with Crippen molar-refractivity contribution in [3.8, 4) is 0 Å². The topological polar surface area (TPSA) is 53.1 Å². The maximum Gasteiger partial charge on any atom is 0.123 e. The number of nitrogens with zero attached hydrogens (tertiary/aromatic N) is 2. The van der Waals surface area contributed by atoms with Gasteiger partial charge in [0, 0.05) is 25.8 Å². The summed E-state index contributed by atoms with van der Waals surface area (Å²) in [5.74, 6) is 0. The van der Waals surface area contributed by atoms with Crippen LogP contribution in [0.2, 0.25) is 0 Å². The summed E-state index contributed by atoms with van der Waals surface area (Å²) < 4.78 is 6.82. The molecule has 68 valence electrons. The summed E-state index contributed by atoms with van der Waals surface area (Å²) in [5, 5.41) is 0. The van der Waals surface area contributed by atoms with Crippen LogP contribution in [0, 0.1) is 0 Å². The Labute approximate surface area is 72.3 Å². The van der Waals surface area contributed by atoms with Gasteiger partial charge in [0.2, 0.25) is 0 Å². The molecule has 0 saturated heterocycles. The van der Waals surface area contributed by atoms with Crippen LogP contribution in [0.25, 0.3) is 0 Å². The molecule has 0 saturated carbocycles. The number of hydrogen-bond donors (Lipinski definition) is 1. The molecule has 0 radical (unpaired) electrons. The molecule has 12 heavy (non-hydrogen) atoms. The minimum atomic E-state index is 0.163. The average Bonchev–Trinajstić information content (AvgIpc) is 2.36. The normalized spacial score (nSPS) is 13.2. The second kappa shape index (κ2) is 4.23. The van der Waals surface area contributed by atoms with Gasteiger partial charge in [-0.3, -0.25) is 0 Å². The van der Waals surface area contributed by atoms with Gasteiger partial charge in [0.1, 0.15) is 6.73 Å². The third-order valence-corrected chi connectivity index (χ3v) is 1.50. The molecule has 0 aliphatic rings. The number of nitrogens with two attached hydrogens (primary N) is 1. The van der Waals surface area contributed by atoms with Gasteiger partial charge in [-0.05, 0) is 6.92 Å². The second-order valence-electron chi connectivity index (χ2n) is 2.98. The van der Waals surface area contributed by atoms with Crippen LogP contribution < -0.4 is 5.73 Å². The van der Waals surface area contributed by atoms with Crippen LogP contribution >= 0.6 is 0 Å². The molecule has 1 rings (SSSR count). The Morgan fingerprint density at radius 3 is 3.08 bits per heavy atom. The summed E-state index contributed by atoms with van der Waals surface area (Å²) in [6, 6.07) is 0.163. The lowest BCUT2D eigenvalue weighted by molar-refractivity contribution is 0.131. The van der Waals surface area contributed by atoms with Gasteiger partial charge in [-0.2, -0.15) is 0 Å². The highest BCUT2D eigenvalue weighted by Gasteiger charge is 2.00. The number of methoxy groups -OCH3 is 1. The van der Waals surface area contributed by atoms with Crippen molar-refractivity contribution in [1.82, 2.24) is 9.55 Å². The Morgan fingerprint density at radius 2 is 2.50 bits per heavy atom. The lowest BCUT2D eigenvalue weighted by Gasteiger charge is -2.00. The third-order valence-electron chi connectivity index (χ3n) is 1.50. The molecule has 0 amide bonds. The van der Waals surface area contributed by atoms with Gasteiger partial charge in [-0.1, -0.05) is 0 Å². The summed E-state index contributed by atoms with van der Waals surface area (Å²) in [4.78, 5) is 4.18. The summed E-state index contributed by atoms with van der Waals surface area (Å²) in [6.45, 7) is 2.52. The van der Waals surface area contributed by atoms with Crippen molar-refractivity contribution in [3.05, 3.63) is 18.2 Å². The summed E-state index contributed by atoms with van der Waals surface area (Å²) in [7, 11) is 1.66. The molecule has 4 nitrogen and oxygen atoms in total. The second-order valence-corrected chi connectivity index (χ2v) is 2.98. The first-order valence-corrected chi connectivity index (χ1v) is 3.97. The van der Waals surface area contributed by atoms with Crippen LogP contribution in [0.5, 0.6) is 0 Å². The van der Waals surface area contributed by atoms with E-state index in [0.29, 0.717) is 6.73 Å². The molecular formula is C8H15N3O. The van der Waals surface area contributed by atoms with E-state index in [1.165, 1.54) is 0 Å². The van der Waals surface area contributed by atoms with Crippen LogP contribution in [0.4, 0.5) is 0 Å². The van der Waals surface area contributed by atoms with Crippen LogP contribution in [-0.4, -0.2) is 22.7 Å². The van der Waals surface area contributed by atoms with Crippen molar-refractivity contribution in [2.45, 2.75) is 26.1 Å². The van der Waals surface area contributed by atoms with Crippen molar-refractivity contribution in [2.24, 2.45) is 5.73 Å². The number of aromatic nitrogens is 2. The molecule has 0 spiro atoms. The van der Waals surface area contributed by atoms with Gasteiger partial charge in [-0.25, -0.2) is 4.98 Å². The fraction of sp³-hybridized carbons (Fsp3) is 0.625. The maximum atomic E-state index is 5.63. The number of rotatable bonds is 4. The zero-order chi connectivity index (χ0) is 8.97. The van der Waals surface area contributed by atoms with E-state index in [0.717, 1.165) is 12.1 Å². The molecule has 0 aliphatic carbocycles. The van der Waals surface area contributed by atoms with Crippen molar-refractivity contribution in [1.29, 1.82) is 0 Å². The quantitative estimate of drug-likeness (QED) is 0.708. The number of imidazole rings is 1. The zero-order valence-electron chi connectivity index (χ0n) is 7.53. The largest absolute Gasteiger partial charge is 0.364 e. The molecular weight excluding hydrogens is 154 g/mol. The highest BCUT2D eigenvalue weighted by molar-refractivity contribution is 4.98. The van der Waals surface area contributed by atoms with Gasteiger partial charge in [-0.15, -0.1) is 0 Å². The van der Waals surface area contributed by atoms with Crippen LogP contribution in [0.15, 0.2) is 12.5 Å². The average molecular weight is 169 g/mol. The zero-order valence-corrected chi connectivity index (χ0v) is 7.53. The van der Waals surface area contributed by atoms with E-state index in [4.69, 9.17) is 10.5 Å². The van der Waals surface area contributed by atoms with Crippen molar-refractivity contribution < 1.29 is 4.74 Å². The Hall–Kier alpha value is -0.870. The SMILES string of the molecule is COCn1cnc(CC(C)N)c1. The molecule has 1 aromatic heterocycles. The van der Waals surface area contributed by atoms with Gasteiger partial charge in [0.05, 0.1) is 12.0 Å². The maximum absolute atomic E-state index is 5.63. The van der Waals surface area contributed by atoms with E-state index in [1.807, 2.05) is 17.7 Å². The van der Waals surface area contributed by atoms with Crippen molar-refractivity contribution >= 4 is 0 Å². The molecule has 4 heteroatoms. The molecule has 0 bridgehead atoms. The third kappa shape index (κ3) is 2.64. The predicted octanol–water partition coefficient (Wildman–Crippen LogP) is 0.377. The lowest BCUT2D eigenvalue weighted by atomic mass is 10.2. The van der Waals surface area contributed by atoms with Gasteiger partial charge in [0.25, 0.3) is 0 Å². The highest BCUT2D eigenvalue weighted by atomic mass is 16.5. The van der Waals surface area contributed by atoms with Crippen molar-refractivity contribution in [3.63, 3.8) is 0 Å². The first kappa shape index (κ1) is 9.22. The number of hydrogen-bond acceptors (Lipinski definition) is 3. The van der Waals surface area contributed by atoms with E-state index >= 15 is 0 Å². The Kier molecular flexibility index (Phi) is 3.25. The fourth-order valence-corrected chi connectivity index (χ4v) is 1.06. The molecule has 2 N–H and O–H groups in total. The summed E-state index contributed by atoms with van der Waals surface area (Å²) in [5.41, 5.74) is 6.64. The Bertz CT molecular complexity index is 232.